The van der Waals surface area contributed by atoms with E-state index in [1.54, 1.807) is 23.8 Å². The second-order valence-corrected chi connectivity index (χ2v) is 5.71. The van der Waals surface area contributed by atoms with Gasteiger partial charge >= 0.3 is 16.3 Å². The first kappa shape index (κ1) is 14.6. The van der Waals surface area contributed by atoms with Crippen LogP contribution in [0.1, 0.15) is 18.1 Å². The Morgan fingerprint density at radius 1 is 1.45 bits per heavy atom. The summed E-state index contributed by atoms with van der Waals surface area (Å²) in [7, 11) is -3.99. The largest absolute Gasteiger partial charge is 0.449 e. The number of nitrogens with one attached hydrogen (secondary N) is 3. The van der Waals surface area contributed by atoms with Crippen LogP contribution >= 0.6 is 0 Å². The molecule has 3 N–H and O–H groups in total. The van der Waals surface area contributed by atoms with E-state index in [4.69, 9.17) is 0 Å². The molecule has 2 rings (SSSR count). The minimum Gasteiger partial charge on any atom is -0.449 e. The Morgan fingerprint density at radius 3 is 3.00 bits per heavy atom. The molecule has 0 spiro atoms. The van der Waals surface area contributed by atoms with Crippen LogP contribution in [0.3, 0.4) is 0 Å². The number of anilines is 1. The molecule has 0 fully saturated rings. The summed E-state index contributed by atoms with van der Waals surface area (Å²) >= 11 is 0. The molecule has 8 heteroatoms. The van der Waals surface area contributed by atoms with Gasteiger partial charge in [0.1, 0.15) is 0 Å². The maximum Gasteiger partial charge on any atom is 0.422 e. The van der Waals surface area contributed by atoms with Crippen LogP contribution in [0.2, 0.25) is 0 Å². The number of hydrogen-bond donors (Lipinski definition) is 3. The van der Waals surface area contributed by atoms with Crippen molar-refractivity contribution < 1.29 is 17.9 Å². The van der Waals surface area contributed by atoms with Gasteiger partial charge in [0.15, 0.2) is 0 Å². The fourth-order valence-corrected chi connectivity index (χ4v) is 2.86. The summed E-state index contributed by atoms with van der Waals surface area (Å²) in [5.74, 6) is 0. The second-order valence-electron chi connectivity index (χ2n) is 4.30. The van der Waals surface area contributed by atoms with E-state index in [2.05, 4.69) is 14.8 Å². The van der Waals surface area contributed by atoms with Gasteiger partial charge in [-0.1, -0.05) is 12.1 Å². The monoisotopic (exact) mass is 299 g/mol. The van der Waals surface area contributed by atoms with Crippen LogP contribution in [0, 0.1) is 0 Å². The van der Waals surface area contributed by atoms with Crippen molar-refractivity contribution in [3.05, 3.63) is 29.3 Å². The lowest BCUT2D eigenvalue weighted by Crippen LogP contribution is -2.36. The van der Waals surface area contributed by atoms with E-state index >= 15 is 0 Å². The van der Waals surface area contributed by atoms with E-state index in [0.29, 0.717) is 12.2 Å². The zero-order chi connectivity index (χ0) is 14.6. The first-order valence-corrected chi connectivity index (χ1v) is 7.79. The highest BCUT2D eigenvalue weighted by molar-refractivity contribution is 7.91. The Kier molecular flexibility index (Phi) is 4.46. The lowest BCUT2D eigenvalue weighted by atomic mass is 10.00. The number of hydrogen-bond acceptors (Lipinski definition) is 5. The molecule has 0 aromatic heterocycles. The highest BCUT2D eigenvalue weighted by atomic mass is 32.2. The van der Waals surface area contributed by atoms with Gasteiger partial charge in [-0.3, -0.25) is 4.72 Å². The van der Waals surface area contributed by atoms with E-state index in [1.807, 2.05) is 6.07 Å². The Morgan fingerprint density at radius 2 is 2.25 bits per heavy atom. The minimum absolute atomic E-state index is 0.103. The van der Waals surface area contributed by atoms with Crippen LogP contribution in [-0.4, -0.2) is 27.7 Å². The smallest absolute Gasteiger partial charge is 0.422 e. The Labute approximate surface area is 117 Å². The predicted octanol–water partition coefficient (Wildman–Crippen LogP) is 0.735. The molecule has 0 bridgehead atoms. The second kappa shape index (κ2) is 6.10. The van der Waals surface area contributed by atoms with Crippen LogP contribution in [-0.2, 0) is 27.9 Å². The minimum atomic E-state index is -3.99. The summed E-state index contributed by atoms with van der Waals surface area (Å²) in [5, 5.41) is 3.18. The summed E-state index contributed by atoms with van der Waals surface area (Å²) in [6.45, 7) is 3.16. The molecule has 0 saturated heterocycles. The Balaban J connectivity index is 2.15. The molecule has 1 aromatic carbocycles. The number of fused-ring (bicyclic) bond motifs is 1. The summed E-state index contributed by atoms with van der Waals surface area (Å²) < 4.78 is 32.3. The molecule has 1 amide bonds. The Hall–Kier alpha value is -1.80. The van der Waals surface area contributed by atoms with E-state index in [9.17, 15) is 13.2 Å². The number of rotatable bonds is 4. The van der Waals surface area contributed by atoms with Crippen molar-refractivity contribution in [1.82, 2.24) is 10.0 Å². The molecule has 1 aliphatic heterocycles. The third kappa shape index (κ3) is 3.61. The molecule has 0 unspecified atom stereocenters. The summed E-state index contributed by atoms with van der Waals surface area (Å²) in [6.07, 6.45) is -0.154. The average molecular weight is 299 g/mol. The van der Waals surface area contributed by atoms with Crippen molar-refractivity contribution in [3.8, 4) is 0 Å². The van der Waals surface area contributed by atoms with E-state index in [1.165, 1.54) is 0 Å². The van der Waals surface area contributed by atoms with Crippen LogP contribution in [0.25, 0.3) is 0 Å². The molecule has 0 atom stereocenters. The molecule has 1 aromatic rings. The number of carbonyl (C=O) groups excluding carboxylic acids is 1. The molecular formula is C12H17N3O4S. The van der Waals surface area contributed by atoms with Crippen LogP contribution in [0.15, 0.2) is 18.2 Å². The molecule has 0 saturated carbocycles. The lowest BCUT2D eigenvalue weighted by Gasteiger charge is -2.20. The van der Waals surface area contributed by atoms with Gasteiger partial charge in [0.05, 0.1) is 12.3 Å². The molecule has 7 nitrogen and oxygen atoms in total. The normalized spacial score (nSPS) is 14.2. The van der Waals surface area contributed by atoms with Gasteiger partial charge in [0.25, 0.3) is 0 Å². The van der Waals surface area contributed by atoms with Crippen molar-refractivity contribution in [2.24, 2.45) is 0 Å². The predicted molar refractivity (Wildman–Crippen MR) is 74.6 cm³/mol. The summed E-state index contributed by atoms with van der Waals surface area (Å²) in [4.78, 5) is 11.2. The van der Waals surface area contributed by atoms with Crippen molar-refractivity contribution in [2.45, 2.75) is 19.9 Å². The van der Waals surface area contributed by atoms with Gasteiger partial charge in [0, 0.05) is 6.54 Å². The zero-order valence-electron chi connectivity index (χ0n) is 11.1. The topological polar surface area (TPSA) is 96.5 Å². The fourth-order valence-electron chi connectivity index (χ4n) is 2.05. The standard InChI is InChI=1S/C12H17N3O4S/c1-2-19-12(16)15-20(17,18)14-11-5-3-4-9-6-7-13-8-10(9)11/h3-5,13-14H,2,6-8H2,1H3,(H,15,16). The van der Waals surface area contributed by atoms with Crippen LogP contribution in [0.5, 0.6) is 0 Å². The highest BCUT2D eigenvalue weighted by Gasteiger charge is 2.19. The van der Waals surface area contributed by atoms with Gasteiger partial charge in [-0.15, -0.1) is 0 Å². The number of amides is 1. The van der Waals surface area contributed by atoms with Crippen molar-refractivity contribution in [1.29, 1.82) is 0 Å². The first-order valence-electron chi connectivity index (χ1n) is 6.30. The summed E-state index contributed by atoms with van der Waals surface area (Å²) in [5.41, 5.74) is 2.46. The third-order valence-corrected chi connectivity index (χ3v) is 3.81. The number of benzene rings is 1. The van der Waals surface area contributed by atoms with Crippen molar-refractivity contribution in [2.75, 3.05) is 17.9 Å². The maximum absolute atomic E-state index is 11.8. The van der Waals surface area contributed by atoms with Crippen molar-refractivity contribution in [3.63, 3.8) is 0 Å². The van der Waals surface area contributed by atoms with E-state index in [0.717, 1.165) is 24.1 Å². The van der Waals surface area contributed by atoms with Gasteiger partial charge in [-0.2, -0.15) is 8.42 Å². The zero-order valence-corrected chi connectivity index (χ0v) is 11.9. The third-order valence-electron chi connectivity index (χ3n) is 2.88. The summed E-state index contributed by atoms with van der Waals surface area (Å²) in [6, 6.07) is 5.41. The van der Waals surface area contributed by atoms with E-state index < -0.39 is 16.3 Å². The molecule has 110 valence electrons. The molecule has 20 heavy (non-hydrogen) atoms. The lowest BCUT2D eigenvalue weighted by molar-refractivity contribution is 0.159. The molecule has 0 aliphatic carbocycles. The van der Waals surface area contributed by atoms with Gasteiger partial charge in [-0.25, -0.2) is 9.52 Å². The number of ether oxygens (including phenoxy) is 1. The van der Waals surface area contributed by atoms with Crippen LogP contribution < -0.4 is 14.8 Å². The van der Waals surface area contributed by atoms with E-state index in [-0.39, 0.29) is 6.61 Å². The van der Waals surface area contributed by atoms with Gasteiger partial charge < -0.3 is 10.1 Å². The maximum atomic E-state index is 11.8. The first-order chi connectivity index (χ1) is 9.52. The molecular weight excluding hydrogens is 282 g/mol. The van der Waals surface area contributed by atoms with Crippen LogP contribution in [0.4, 0.5) is 10.5 Å². The number of carbonyl (C=O) groups is 1. The van der Waals surface area contributed by atoms with Gasteiger partial charge in [0.2, 0.25) is 0 Å². The SMILES string of the molecule is CCOC(=O)NS(=O)(=O)Nc1cccc2c1CNCC2. The van der Waals surface area contributed by atoms with Crippen molar-refractivity contribution >= 4 is 22.0 Å². The highest BCUT2D eigenvalue weighted by Crippen LogP contribution is 2.23. The molecule has 0 radical (unpaired) electrons. The average Bonchev–Trinajstić information content (AvgIpc) is 2.38. The fraction of sp³-hybridized carbons (Fsp3) is 0.417. The van der Waals surface area contributed by atoms with Gasteiger partial charge in [-0.05, 0) is 37.1 Å². The molecule has 1 heterocycles. The Bertz CT molecular complexity index is 601. The molecule has 1 aliphatic rings. The quantitative estimate of drug-likeness (QED) is 0.762.